The maximum absolute atomic E-state index is 13.4. The van der Waals surface area contributed by atoms with Crippen LogP contribution in [0.3, 0.4) is 0 Å². The lowest BCUT2D eigenvalue weighted by molar-refractivity contribution is -0.135. The third-order valence-corrected chi connectivity index (χ3v) is 10.9. The van der Waals surface area contributed by atoms with E-state index in [4.69, 9.17) is 26.2 Å². The minimum atomic E-state index is -1.24. The molecule has 0 aliphatic carbocycles. The molecular formula is C46H49ClN12O10. The van der Waals surface area contributed by atoms with Crippen LogP contribution in [0.15, 0.2) is 73.2 Å². The summed E-state index contributed by atoms with van der Waals surface area (Å²) in [6.07, 6.45) is 3.24. The molecule has 1 aliphatic rings. The fraction of sp³-hybridized carbons (Fsp3) is 0.304. The number of carbonyl (C=O) groups excluding carboxylic acids is 6. The van der Waals surface area contributed by atoms with E-state index in [2.05, 4.69) is 41.5 Å². The molecule has 7 rings (SSSR count). The van der Waals surface area contributed by atoms with Crippen molar-refractivity contribution in [3.05, 3.63) is 102 Å². The summed E-state index contributed by atoms with van der Waals surface area (Å²) in [7, 11) is 4.54. The number of carboxylic acids is 1. The normalized spacial score (nSPS) is 13.1. The quantitative estimate of drug-likeness (QED) is 0.0667. The maximum atomic E-state index is 13.4. The first-order chi connectivity index (χ1) is 32.8. The first-order valence-electron chi connectivity index (χ1n) is 21.4. The number of ether oxygens (including phenoxy) is 2. The molecule has 0 spiro atoms. The van der Waals surface area contributed by atoms with Crippen molar-refractivity contribution in [3.8, 4) is 5.75 Å². The molecule has 4 heterocycles. The summed E-state index contributed by atoms with van der Waals surface area (Å²) in [6, 6.07) is 16.8. The molecule has 1 aliphatic heterocycles. The van der Waals surface area contributed by atoms with Crippen LogP contribution in [0, 0.1) is 0 Å². The minimum absolute atomic E-state index is 0.00226. The number of carbonyl (C=O) groups is 7. The number of amides is 6. The van der Waals surface area contributed by atoms with Gasteiger partial charge in [0.2, 0.25) is 29.3 Å². The number of nitrogens with one attached hydrogen (secondary N) is 5. The molecule has 6 N–H and O–H groups in total. The van der Waals surface area contributed by atoms with E-state index in [0.29, 0.717) is 29.1 Å². The Morgan fingerprint density at radius 2 is 1.28 bits per heavy atom. The Morgan fingerprint density at radius 1 is 0.725 bits per heavy atom. The average molecular weight is 965 g/mol. The Hall–Kier alpha value is -8.27. The number of halogens is 1. The van der Waals surface area contributed by atoms with Crippen LogP contribution in [-0.4, -0.2) is 99.9 Å². The van der Waals surface area contributed by atoms with Crippen LogP contribution in [-0.2, 0) is 46.9 Å². The number of fused-ring (bicyclic) bond motifs is 3. The van der Waals surface area contributed by atoms with Gasteiger partial charge >= 0.3 is 12.1 Å². The van der Waals surface area contributed by atoms with E-state index in [1.54, 1.807) is 43.9 Å². The van der Waals surface area contributed by atoms with Gasteiger partial charge in [0.15, 0.2) is 17.5 Å². The average Bonchev–Trinajstić information content (AvgIpc) is 4.06. The third kappa shape index (κ3) is 11.6. The third-order valence-electron chi connectivity index (χ3n) is 10.5. The van der Waals surface area contributed by atoms with Crippen molar-refractivity contribution in [2.45, 2.75) is 51.7 Å². The summed E-state index contributed by atoms with van der Waals surface area (Å²) in [5, 5.41) is 23.0. The van der Waals surface area contributed by atoms with E-state index < -0.39 is 53.7 Å². The minimum Gasteiger partial charge on any atom is -0.488 e. The first kappa shape index (κ1) is 48.7. The van der Waals surface area contributed by atoms with Gasteiger partial charge in [0.25, 0.3) is 17.7 Å². The van der Waals surface area contributed by atoms with Crippen molar-refractivity contribution in [1.82, 2.24) is 34.0 Å². The van der Waals surface area contributed by atoms with Crippen molar-refractivity contribution in [2.24, 2.45) is 21.1 Å². The van der Waals surface area contributed by atoms with Gasteiger partial charge in [-0.05, 0) is 49.4 Å². The van der Waals surface area contributed by atoms with Crippen LogP contribution in [0.25, 0.3) is 10.8 Å². The van der Waals surface area contributed by atoms with Crippen LogP contribution in [0.1, 0.15) is 82.5 Å². The standard InChI is InChI=1S/C46H49ClN12O10/c1-46(2,3)69-45(67)59-20-26(18-47)38-28-13-12-27(16-29(28)31(17-30(38)59)68-24-25-10-8-7-9-11-25)49-35(60)14-15-36(61)50-32-21-57(5)40(51-32)43(65)55-34-23-58(6)41(53-34)44(66)54-33-22-56(4)39(52-33)42(64)48-19-37(62)63/h7-13,16-17,21-23,26H,14-15,18-20,24H2,1-6H3,(H,48,64)(H,49,60)(H,50,61)(H,54,66)(H,55,65)(H,62,63). The van der Waals surface area contributed by atoms with E-state index in [9.17, 15) is 33.6 Å². The lowest BCUT2D eigenvalue weighted by Gasteiger charge is -2.25. The molecule has 0 radical (unpaired) electrons. The number of nitrogens with zero attached hydrogens (tertiary/aromatic N) is 7. The highest BCUT2D eigenvalue weighted by atomic mass is 35.5. The monoisotopic (exact) mass is 964 g/mol. The molecule has 6 aromatic rings. The van der Waals surface area contributed by atoms with Gasteiger partial charge in [0.1, 0.15) is 24.5 Å². The molecule has 3 aromatic heterocycles. The van der Waals surface area contributed by atoms with Gasteiger partial charge in [-0.2, -0.15) is 0 Å². The molecule has 22 nitrogen and oxygen atoms in total. The van der Waals surface area contributed by atoms with Crippen molar-refractivity contribution < 1.29 is 48.1 Å². The first-order valence-corrected chi connectivity index (χ1v) is 22.0. The Morgan fingerprint density at radius 3 is 1.83 bits per heavy atom. The molecule has 6 amide bonds. The second kappa shape index (κ2) is 20.3. The molecule has 0 saturated heterocycles. The van der Waals surface area contributed by atoms with Gasteiger partial charge < -0.3 is 54.9 Å². The number of benzene rings is 3. The summed E-state index contributed by atoms with van der Waals surface area (Å²) in [4.78, 5) is 103. The molecule has 0 bridgehead atoms. The Bertz CT molecular complexity index is 2990. The zero-order chi connectivity index (χ0) is 49.7. The summed E-state index contributed by atoms with van der Waals surface area (Å²) in [6.45, 7) is 5.34. The molecular weight excluding hydrogens is 916 g/mol. The van der Waals surface area contributed by atoms with Crippen LogP contribution in [0.4, 0.5) is 33.6 Å². The number of alkyl halides is 1. The van der Waals surface area contributed by atoms with Crippen LogP contribution >= 0.6 is 11.6 Å². The Balaban J connectivity index is 0.968. The topological polar surface area (TPSA) is 275 Å². The largest absolute Gasteiger partial charge is 0.488 e. The maximum Gasteiger partial charge on any atom is 0.414 e. The number of hydrogen-bond donors (Lipinski definition) is 6. The molecule has 360 valence electrons. The smallest absolute Gasteiger partial charge is 0.414 e. The number of rotatable bonds is 16. The van der Waals surface area contributed by atoms with Crippen molar-refractivity contribution in [2.75, 3.05) is 45.1 Å². The van der Waals surface area contributed by atoms with Crippen molar-refractivity contribution in [3.63, 3.8) is 0 Å². The van der Waals surface area contributed by atoms with Crippen molar-refractivity contribution >= 4 is 92.8 Å². The molecule has 1 atom stereocenters. The molecule has 23 heteroatoms. The SMILES string of the molecule is Cn1cc(NC(=O)c2nc(NC(=O)c3nc(NC(=O)CCC(=O)Nc4ccc5c6c(cc(OCc7ccccc7)c5c4)N(C(=O)OC(C)(C)C)CC6CCl)cn3C)cn2C)nc1C(=O)NCC(=O)O. The van der Waals surface area contributed by atoms with Crippen LogP contribution in [0.2, 0.25) is 0 Å². The van der Waals surface area contributed by atoms with Gasteiger partial charge in [-0.15, -0.1) is 11.6 Å². The summed E-state index contributed by atoms with van der Waals surface area (Å²) >= 11 is 6.48. The summed E-state index contributed by atoms with van der Waals surface area (Å²) < 4.78 is 16.1. The van der Waals surface area contributed by atoms with E-state index in [1.165, 1.54) is 53.4 Å². The lowest BCUT2D eigenvalue weighted by Crippen LogP contribution is -2.36. The van der Waals surface area contributed by atoms with Gasteiger partial charge in [-0.1, -0.05) is 36.4 Å². The number of hydrogen-bond acceptors (Lipinski definition) is 12. The predicted molar refractivity (Wildman–Crippen MR) is 254 cm³/mol. The van der Waals surface area contributed by atoms with E-state index in [-0.39, 0.29) is 66.2 Å². The van der Waals surface area contributed by atoms with Gasteiger partial charge in [-0.25, -0.2) is 19.7 Å². The number of carboxylic acid groups (broad SMARTS) is 1. The lowest BCUT2D eigenvalue weighted by atomic mass is 9.95. The van der Waals surface area contributed by atoms with E-state index in [0.717, 1.165) is 16.5 Å². The fourth-order valence-electron chi connectivity index (χ4n) is 7.46. The molecule has 69 heavy (non-hydrogen) atoms. The highest BCUT2D eigenvalue weighted by molar-refractivity contribution is 6.19. The highest BCUT2D eigenvalue weighted by Gasteiger charge is 2.37. The molecule has 0 fully saturated rings. The summed E-state index contributed by atoms with van der Waals surface area (Å²) in [5.74, 6) is -4.23. The number of aryl methyl sites for hydroxylation is 3. The van der Waals surface area contributed by atoms with Crippen LogP contribution < -0.4 is 36.2 Å². The second-order valence-electron chi connectivity index (χ2n) is 17.0. The highest BCUT2D eigenvalue weighted by Crippen LogP contribution is 2.47. The Labute approximate surface area is 399 Å². The Kier molecular flexibility index (Phi) is 14.3. The van der Waals surface area contributed by atoms with Crippen LogP contribution in [0.5, 0.6) is 5.75 Å². The van der Waals surface area contributed by atoms with Gasteiger partial charge in [-0.3, -0.25) is 33.7 Å². The van der Waals surface area contributed by atoms with Gasteiger partial charge in [0.05, 0.1) is 5.69 Å². The molecule has 1 unspecified atom stereocenters. The zero-order valence-corrected chi connectivity index (χ0v) is 39.1. The predicted octanol–water partition coefficient (Wildman–Crippen LogP) is 5.37. The molecule has 3 aromatic carbocycles. The zero-order valence-electron chi connectivity index (χ0n) is 38.4. The summed E-state index contributed by atoms with van der Waals surface area (Å²) in [5.41, 5.74) is 2.15. The molecule has 0 saturated carbocycles. The fourth-order valence-corrected chi connectivity index (χ4v) is 7.71. The van der Waals surface area contributed by atoms with Crippen molar-refractivity contribution in [1.29, 1.82) is 0 Å². The van der Waals surface area contributed by atoms with E-state index in [1.807, 2.05) is 36.4 Å². The van der Waals surface area contributed by atoms with Gasteiger partial charge in [0, 0.05) is 88.1 Å². The number of anilines is 5. The number of aromatic nitrogens is 6. The van der Waals surface area contributed by atoms with E-state index >= 15 is 0 Å². The second-order valence-corrected chi connectivity index (χ2v) is 17.4. The number of imidazole rings is 3. The number of aliphatic carboxylic acids is 1.